The first kappa shape index (κ1) is 12.9. The lowest BCUT2D eigenvalue weighted by molar-refractivity contribution is 0.0681. The van der Waals surface area contributed by atoms with Gasteiger partial charge in [-0.1, -0.05) is 12.1 Å². The van der Waals surface area contributed by atoms with E-state index < -0.39 is 11.9 Å². The highest BCUT2D eigenvalue weighted by Crippen LogP contribution is 2.28. The van der Waals surface area contributed by atoms with Crippen LogP contribution in [-0.4, -0.2) is 27.1 Å². The van der Waals surface area contributed by atoms with Gasteiger partial charge in [0.1, 0.15) is 5.52 Å². The maximum atomic E-state index is 11.3. The molecule has 2 aromatic carbocycles. The summed E-state index contributed by atoms with van der Waals surface area (Å²) in [4.78, 5) is 26.5. The van der Waals surface area contributed by atoms with E-state index in [1.807, 2.05) is 0 Å². The molecule has 1 aromatic heterocycles. The number of oxazole rings is 1. The Morgan fingerprint density at radius 3 is 2.43 bits per heavy atom. The van der Waals surface area contributed by atoms with Crippen LogP contribution in [-0.2, 0) is 0 Å². The van der Waals surface area contributed by atoms with E-state index in [1.54, 1.807) is 24.3 Å². The number of hydrogen-bond acceptors (Lipinski definition) is 4. The highest BCUT2D eigenvalue weighted by molar-refractivity contribution is 5.98. The molecule has 6 heteroatoms. The van der Waals surface area contributed by atoms with Crippen LogP contribution in [0.1, 0.15) is 20.7 Å². The van der Waals surface area contributed by atoms with Crippen LogP contribution in [0.5, 0.6) is 0 Å². The lowest BCUT2D eigenvalue weighted by atomic mass is 10.0. The number of aromatic nitrogens is 1. The Balaban J connectivity index is 2.25. The number of nitrogens with zero attached hydrogens (tertiary/aromatic N) is 1. The Labute approximate surface area is 118 Å². The number of hydrogen-bond donors (Lipinski definition) is 2. The first-order valence-electron chi connectivity index (χ1n) is 6.03. The second-order valence-electron chi connectivity index (χ2n) is 4.36. The van der Waals surface area contributed by atoms with Gasteiger partial charge in [-0.05, 0) is 30.3 Å². The molecular formula is C15H9NO5. The molecule has 3 rings (SSSR count). The van der Waals surface area contributed by atoms with Crippen molar-refractivity contribution in [1.82, 2.24) is 4.98 Å². The van der Waals surface area contributed by atoms with E-state index in [0.29, 0.717) is 11.1 Å². The summed E-state index contributed by atoms with van der Waals surface area (Å²) in [6.45, 7) is 0. The lowest BCUT2D eigenvalue weighted by Crippen LogP contribution is -2.03. The van der Waals surface area contributed by atoms with Crippen molar-refractivity contribution in [2.45, 2.75) is 0 Å². The van der Waals surface area contributed by atoms with Crippen molar-refractivity contribution >= 4 is 23.0 Å². The van der Waals surface area contributed by atoms with Crippen molar-refractivity contribution in [2.75, 3.05) is 0 Å². The van der Waals surface area contributed by atoms with E-state index in [4.69, 9.17) is 9.52 Å². The number of rotatable bonds is 3. The fourth-order valence-corrected chi connectivity index (χ4v) is 2.03. The molecule has 0 saturated heterocycles. The molecule has 0 aliphatic heterocycles. The summed E-state index contributed by atoms with van der Waals surface area (Å²) in [5, 5.41) is 18.2. The zero-order valence-electron chi connectivity index (χ0n) is 10.6. The molecule has 0 bridgehead atoms. The quantitative estimate of drug-likeness (QED) is 0.766. The zero-order valence-corrected chi connectivity index (χ0v) is 10.6. The van der Waals surface area contributed by atoms with E-state index in [-0.39, 0.29) is 22.6 Å². The summed E-state index contributed by atoms with van der Waals surface area (Å²) >= 11 is 0. The molecular weight excluding hydrogens is 274 g/mol. The lowest BCUT2D eigenvalue weighted by Gasteiger charge is -2.03. The number of benzene rings is 2. The van der Waals surface area contributed by atoms with Crippen LogP contribution >= 0.6 is 0 Å². The van der Waals surface area contributed by atoms with Crippen LogP contribution in [0.25, 0.3) is 22.6 Å². The summed E-state index contributed by atoms with van der Waals surface area (Å²) in [6.07, 6.45) is 0. The summed E-state index contributed by atoms with van der Waals surface area (Å²) < 4.78 is 5.51. The number of carboxylic acid groups (broad SMARTS) is 2. The fourth-order valence-electron chi connectivity index (χ4n) is 2.03. The average molecular weight is 283 g/mol. The average Bonchev–Trinajstić information content (AvgIpc) is 2.90. The van der Waals surface area contributed by atoms with E-state index in [9.17, 15) is 14.7 Å². The van der Waals surface area contributed by atoms with Crippen LogP contribution in [0.15, 0.2) is 46.9 Å². The standard InChI is InChI=1S/C15H9NO5/c17-14(18)8-5-6-9(15(19)20)10(7-8)13-16-11-3-1-2-4-12(11)21-13/h1-7H,(H,17,18)(H,19,20). The van der Waals surface area contributed by atoms with Crippen molar-refractivity contribution in [2.24, 2.45) is 0 Å². The predicted molar refractivity (Wildman–Crippen MR) is 73.4 cm³/mol. The first-order chi connectivity index (χ1) is 10.1. The molecule has 0 radical (unpaired) electrons. The minimum Gasteiger partial charge on any atom is -0.478 e. The van der Waals surface area contributed by atoms with Gasteiger partial charge in [-0.2, -0.15) is 0 Å². The molecule has 104 valence electrons. The summed E-state index contributed by atoms with van der Waals surface area (Å²) in [6, 6.07) is 10.7. The van der Waals surface area contributed by atoms with E-state index in [2.05, 4.69) is 4.98 Å². The van der Waals surface area contributed by atoms with Crippen molar-refractivity contribution < 1.29 is 24.2 Å². The van der Waals surface area contributed by atoms with Crippen LogP contribution in [0.4, 0.5) is 0 Å². The number of carboxylic acids is 2. The minimum atomic E-state index is -1.18. The molecule has 0 atom stereocenters. The number of fused-ring (bicyclic) bond motifs is 1. The minimum absolute atomic E-state index is 0.0303. The molecule has 2 N–H and O–H groups in total. The van der Waals surface area contributed by atoms with Crippen molar-refractivity contribution in [1.29, 1.82) is 0 Å². The largest absolute Gasteiger partial charge is 0.478 e. The first-order valence-corrected chi connectivity index (χ1v) is 6.03. The van der Waals surface area contributed by atoms with Gasteiger partial charge in [0, 0.05) is 0 Å². The van der Waals surface area contributed by atoms with E-state index in [0.717, 1.165) is 0 Å². The molecule has 1 heterocycles. The Morgan fingerprint density at radius 2 is 1.76 bits per heavy atom. The third-order valence-corrected chi connectivity index (χ3v) is 3.02. The second kappa shape index (κ2) is 4.75. The molecule has 0 spiro atoms. The van der Waals surface area contributed by atoms with Gasteiger partial charge in [0.05, 0.1) is 16.7 Å². The number of carbonyl (C=O) groups is 2. The SMILES string of the molecule is O=C(O)c1ccc(C(=O)O)c(-c2nc3ccccc3o2)c1. The van der Waals surface area contributed by atoms with E-state index >= 15 is 0 Å². The Kier molecular flexibility index (Phi) is 2.91. The van der Waals surface area contributed by atoms with E-state index in [1.165, 1.54) is 18.2 Å². The van der Waals surface area contributed by atoms with Crippen LogP contribution in [0, 0.1) is 0 Å². The monoisotopic (exact) mass is 283 g/mol. The highest BCUT2D eigenvalue weighted by atomic mass is 16.4. The predicted octanol–water partition coefficient (Wildman–Crippen LogP) is 2.89. The third kappa shape index (κ3) is 2.23. The normalized spacial score (nSPS) is 10.7. The summed E-state index contributed by atoms with van der Waals surface area (Å²) in [7, 11) is 0. The molecule has 21 heavy (non-hydrogen) atoms. The van der Waals surface area contributed by atoms with Gasteiger partial charge in [-0.3, -0.25) is 0 Å². The highest BCUT2D eigenvalue weighted by Gasteiger charge is 2.19. The van der Waals surface area contributed by atoms with Crippen LogP contribution in [0.2, 0.25) is 0 Å². The van der Waals surface area contributed by atoms with Gasteiger partial charge in [-0.25, -0.2) is 14.6 Å². The zero-order chi connectivity index (χ0) is 15.0. The molecule has 3 aromatic rings. The van der Waals surface area contributed by atoms with Gasteiger partial charge in [0.2, 0.25) is 5.89 Å². The van der Waals surface area contributed by atoms with Gasteiger partial charge in [0.25, 0.3) is 0 Å². The molecule has 0 fully saturated rings. The third-order valence-electron chi connectivity index (χ3n) is 3.02. The summed E-state index contributed by atoms with van der Waals surface area (Å²) in [5.41, 5.74) is 1.12. The number of para-hydroxylation sites is 2. The van der Waals surface area contributed by atoms with Crippen molar-refractivity contribution in [3.63, 3.8) is 0 Å². The van der Waals surface area contributed by atoms with Crippen LogP contribution < -0.4 is 0 Å². The number of aromatic carboxylic acids is 2. The Hall–Kier alpha value is -3.15. The molecule has 0 unspecified atom stereocenters. The second-order valence-corrected chi connectivity index (χ2v) is 4.36. The Bertz CT molecular complexity index is 832. The fraction of sp³-hybridized carbons (Fsp3) is 0. The topological polar surface area (TPSA) is 101 Å². The van der Waals surface area contributed by atoms with Gasteiger partial charge in [-0.15, -0.1) is 0 Å². The maximum absolute atomic E-state index is 11.3. The van der Waals surface area contributed by atoms with Crippen molar-refractivity contribution in [3.8, 4) is 11.5 Å². The smallest absolute Gasteiger partial charge is 0.336 e. The van der Waals surface area contributed by atoms with Gasteiger partial charge >= 0.3 is 11.9 Å². The molecule has 0 aliphatic rings. The Morgan fingerprint density at radius 1 is 1.00 bits per heavy atom. The van der Waals surface area contributed by atoms with Crippen LogP contribution in [0.3, 0.4) is 0 Å². The molecule has 0 aliphatic carbocycles. The molecule has 0 amide bonds. The molecule has 0 saturated carbocycles. The van der Waals surface area contributed by atoms with Crippen molar-refractivity contribution in [3.05, 3.63) is 53.6 Å². The molecule has 6 nitrogen and oxygen atoms in total. The van der Waals surface area contributed by atoms with Gasteiger partial charge < -0.3 is 14.6 Å². The maximum Gasteiger partial charge on any atom is 0.336 e. The summed E-state index contributed by atoms with van der Waals surface area (Å²) in [5.74, 6) is -2.25. The van der Waals surface area contributed by atoms with Gasteiger partial charge in [0.15, 0.2) is 5.58 Å².